The Kier molecular flexibility index (Phi) is 5.38. The Morgan fingerprint density at radius 3 is 2.37 bits per heavy atom. The Morgan fingerprint density at radius 1 is 1.21 bits per heavy atom. The highest BCUT2D eigenvalue weighted by molar-refractivity contribution is 6.74. The minimum Gasteiger partial charge on any atom is -0.423 e. The summed E-state index contributed by atoms with van der Waals surface area (Å²) in [6.07, 6.45) is 0.799. The zero-order valence-corrected chi connectivity index (χ0v) is 13.6. The van der Waals surface area contributed by atoms with E-state index in [1.165, 1.54) is 0 Å². The van der Waals surface area contributed by atoms with Crippen LogP contribution >= 0.6 is 0 Å². The topological polar surface area (TPSA) is 49.7 Å². The van der Waals surface area contributed by atoms with E-state index in [-0.39, 0.29) is 5.04 Å². The van der Waals surface area contributed by atoms with Gasteiger partial charge in [0.05, 0.1) is 0 Å². The van der Waals surface area contributed by atoms with Gasteiger partial charge in [0.25, 0.3) is 0 Å². The lowest BCUT2D eigenvalue weighted by Crippen LogP contribution is -2.41. The SMILES string of the molecule is CC(C)(C)[Si](C)(C)OCCc1cccc(B(O)O)c1. The van der Waals surface area contributed by atoms with Crippen LogP contribution < -0.4 is 5.46 Å². The van der Waals surface area contributed by atoms with Crippen LogP contribution in [0.25, 0.3) is 0 Å². The van der Waals surface area contributed by atoms with Gasteiger partial charge in [-0.1, -0.05) is 45.0 Å². The molecule has 2 N–H and O–H groups in total. The van der Waals surface area contributed by atoms with E-state index in [0.29, 0.717) is 12.1 Å². The Morgan fingerprint density at radius 2 is 1.84 bits per heavy atom. The predicted octanol–water partition coefficient (Wildman–Crippen LogP) is 1.93. The first kappa shape index (κ1) is 16.4. The molecular formula is C14H25BO3Si. The largest absolute Gasteiger partial charge is 0.488 e. The Hall–Kier alpha value is -0.618. The molecular weight excluding hydrogens is 255 g/mol. The summed E-state index contributed by atoms with van der Waals surface area (Å²) < 4.78 is 6.11. The first-order valence-corrected chi connectivity index (χ1v) is 9.63. The van der Waals surface area contributed by atoms with Gasteiger partial charge in [-0.3, -0.25) is 0 Å². The second-order valence-corrected chi connectivity index (χ2v) is 11.3. The van der Waals surface area contributed by atoms with Gasteiger partial charge >= 0.3 is 7.12 Å². The maximum atomic E-state index is 9.14. The van der Waals surface area contributed by atoms with E-state index in [4.69, 9.17) is 14.5 Å². The van der Waals surface area contributed by atoms with Crippen molar-refractivity contribution in [3.63, 3.8) is 0 Å². The van der Waals surface area contributed by atoms with E-state index in [9.17, 15) is 0 Å². The zero-order chi connectivity index (χ0) is 14.7. The van der Waals surface area contributed by atoms with Crippen molar-refractivity contribution in [1.82, 2.24) is 0 Å². The van der Waals surface area contributed by atoms with E-state index >= 15 is 0 Å². The third-order valence-corrected chi connectivity index (χ3v) is 8.45. The fourth-order valence-corrected chi connectivity index (χ4v) is 2.60. The van der Waals surface area contributed by atoms with Gasteiger partial charge in [0.1, 0.15) is 0 Å². The van der Waals surface area contributed by atoms with Crippen LogP contribution in [-0.2, 0) is 10.8 Å². The Labute approximate surface area is 117 Å². The van der Waals surface area contributed by atoms with Gasteiger partial charge in [-0.25, -0.2) is 0 Å². The molecule has 0 amide bonds. The van der Waals surface area contributed by atoms with E-state index in [1.54, 1.807) is 6.07 Å². The van der Waals surface area contributed by atoms with Gasteiger partial charge in [0.15, 0.2) is 8.32 Å². The highest BCUT2D eigenvalue weighted by atomic mass is 28.4. The van der Waals surface area contributed by atoms with Crippen molar-refractivity contribution in [2.75, 3.05) is 6.61 Å². The summed E-state index contributed by atoms with van der Waals surface area (Å²) >= 11 is 0. The van der Waals surface area contributed by atoms with Crippen molar-refractivity contribution in [2.45, 2.75) is 45.3 Å². The van der Waals surface area contributed by atoms with Gasteiger partial charge in [0.2, 0.25) is 0 Å². The van der Waals surface area contributed by atoms with Gasteiger partial charge in [-0.15, -0.1) is 0 Å². The molecule has 0 spiro atoms. The monoisotopic (exact) mass is 280 g/mol. The molecule has 0 heterocycles. The van der Waals surface area contributed by atoms with Crippen molar-refractivity contribution in [3.05, 3.63) is 29.8 Å². The summed E-state index contributed by atoms with van der Waals surface area (Å²) in [7, 11) is -3.09. The summed E-state index contributed by atoms with van der Waals surface area (Å²) in [5.74, 6) is 0. The van der Waals surface area contributed by atoms with E-state index in [2.05, 4.69) is 33.9 Å². The zero-order valence-electron chi connectivity index (χ0n) is 12.6. The maximum Gasteiger partial charge on any atom is 0.488 e. The molecule has 0 aliphatic carbocycles. The molecule has 0 radical (unpaired) electrons. The highest BCUT2D eigenvalue weighted by Crippen LogP contribution is 2.36. The molecule has 1 aromatic carbocycles. The van der Waals surface area contributed by atoms with Crippen LogP contribution in [0, 0.1) is 0 Å². The minimum atomic E-state index is -1.69. The minimum absolute atomic E-state index is 0.218. The molecule has 0 unspecified atom stereocenters. The van der Waals surface area contributed by atoms with Crippen LogP contribution in [0.15, 0.2) is 24.3 Å². The average molecular weight is 280 g/mol. The summed E-state index contributed by atoms with van der Waals surface area (Å²) in [4.78, 5) is 0. The number of benzene rings is 1. The van der Waals surface area contributed by atoms with Crippen molar-refractivity contribution in [1.29, 1.82) is 0 Å². The highest BCUT2D eigenvalue weighted by Gasteiger charge is 2.36. The second-order valence-electron chi connectivity index (χ2n) is 6.48. The van der Waals surface area contributed by atoms with E-state index in [1.807, 2.05) is 18.2 Å². The lowest BCUT2D eigenvalue weighted by atomic mass is 9.79. The third-order valence-electron chi connectivity index (χ3n) is 3.91. The number of hydrogen-bond donors (Lipinski definition) is 2. The average Bonchev–Trinajstić information content (AvgIpc) is 2.27. The van der Waals surface area contributed by atoms with Crippen molar-refractivity contribution in [3.8, 4) is 0 Å². The summed E-state index contributed by atoms with van der Waals surface area (Å²) in [6, 6.07) is 7.36. The molecule has 0 aromatic heterocycles. The smallest absolute Gasteiger partial charge is 0.423 e. The van der Waals surface area contributed by atoms with Crippen molar-refractivity contribution in [2.24, 2.45) is 0 Å². The molecule has 0 aliphatic rings. The predicted molar refractivity (Wildman–Crippen MR) is 83.1 cm³/mol. The summed E-state index contributed by atoms with van der Waals surface area (Å²) in [5.41, 5.74) is 1.61. The number of rotatable bonds is 5. The van der Waals surface area contributed by atoms with Crippen LogP contribution in [0.4, 0.5) is 0 Å². The fourth-order valence-electron chi connectivity index (χ4n) is 1.55. The number of hydrogen-bond acceptors (Lipinski definition) is 3. The summed E-state index contributed by atoms with van der Waals surface area (Å²) in [6.45, 7) is 11.8. The normalized spacial score (nSPS) is 12.6. The molecule has 106 valence electrons. The van der Waals surface area contributed by atoms with Crippen molar-refractivity contribution < 1.29 is 14.5 Å². The molecule has 3 nitrogen and oxygen atoms in total. The van der Waals surface area contributed by atoms with E-state index < -0.39 is 15.4 Å². The van der Waals surface area contributed by atoms with Gasteiger partial charge in [0, 0.05) is 6.61 Å². The molecule has 0 atom stereocenters. The molecule has 19 heavy (non-hydrogen) atoms. The van der Waals surface area contributed by atoms with E-state index in [0.717, 1.165) is 12.0 Å². The van der Waals surface area contributed by atoms with Crippen LogP contribution in [0.2, 0.25) is 18.1 Å². The molecule has 0 bridgehead atoms. The summed E-state index contributed by atoms with van der Waals surface area (Å²) in [5, 5.41) is 18.5. The molecule has 0 saturated carbocycles. The molecule has 1 rings (SSSR count). The first-order chi connectivity index (χ1) is 8.63. The van der Waals surface area contributed by atoms with Gasteiger partial charge < -0.3 is 14.5 Å². The second kappa shape index (κ2) is 6.22. The quantitative estimate of drug-likeness (QED) is 0.810. The Bertz CT molecular complexity index is 413. The van der Waals surface area contributed by atoms with Crippen molar-refractivity contribution >= 4 is 20.9 Å². The third kappa shape index (κ3) is 4.76. The molecule has 5 heteroatoms. The standard InChI is InChI=1S/C14H25BO3Si/c1-14(2,3)19(4,5)18-10-9-12-7-6-8-13(11-12)15(16)17/h6-8,11,16-17H,9-10H2,1-5H3. The lowest BCUT2D eigenvalue weighted by Gasteiger charge is -2.36. The maximum absolute atomic E-state index is 9.14. The van der Waals surface area contributed by atoms with Gasteiger partial charge in [-0.05, 0) is 35.6 Å². The molecule has 0 saturated heterocycles. The van der Waals surface area contributed by atoms with Crippen LogP contribution in [0.5, 0.6) is 0 Å². The van der Waals surface area contributed by atoms with Gasteiger partial charge in [-0.2, -0.15) is 0 Å². The van der Waals surface area contributed by atoms with Crippen LogP contribution in [0.3, 0.4) is 0 Å². The molecule has 1 aromatic rings. The fraction of sp³-hybridized carbons (Fsp3) is 0.571. The first-order valence-electron chi connectivity index (χ1n) is 6.72. The van der Waals surface area contributed by atoms with Crippen LogP contribution in [-0.4, -0.2) is 32.1 Å². The lowest BCUT2D eigenvalue weighted by molar-refractivity contribution is 0.292. The van der Waals surface area contributed by atoms with Crippen LogP contribution in [0.1, 0.15) is 26.3 Å². The molecule has 0 fully saturated rings. The molecule has 0 aliphatic heterocycles. The Balaban J connectivity index is 2.57.